The van der Waals surface area contributed by atoms with Crippen LogP contribution in [0.25, 0.3) is 0 Å². The van der Waals surface area contributed by atoms with Crippen LogP contribution in [0.1, 0.15) is 11.1 Å². The van der Waals surface area contributed by atoms with Crippen molar-refractivity contribution < 1.29 is 22.7 Å². The number of amides is 2. The van der Waals surface area contributed by atoms with E-state index in [1.54, 1.807) is 36.4 Å². The summed E-state index contributed by atoms with van der Waals surface area (Å²) in [4.78, 5) is 27.7. The molecular weight excluding hydrogens is 466 g/mol. The Hall–Kier alpha value is -3.69. The van der Waals surface area contributed by atoms with E-state index in [-0.39, 0.29) is 23.9 Å². The van der Waals surface area contributed by atoms with Gasteiger partial charge in [0.05, 0.1) is 23.7 Å². The lowest BCUT2D eigenvalue weighted by molar-refractivity contribution is -0.128. The summed E-state index contributed by atoms with van der Waals surface area (Å²) in [6, 6.07) is 22.8. The number of rotatable bonds is 7. The fourth-order valence-corrected chi connectivity index (χ4v) is 4.88. The second-order valence-electron chi connectivity index (χ2n) is 8.36. The van der Waals surface area contributed by atoms with E-state index in [1.807, 2.05) is 37.3 Å². The van der Waals surface area contributed by atoms with Crippen molar-refractivity contribution in [2.45, 2.75) is 24.5 Å². The first-order valence-electron chi connectivity index (χ1n) is 11.2. The fraction of sp³-hybridized carbons (Fsp3) is 0.231. The van der Waals surface area contributed by atoms with E-state index in [9.17, 15) is 18.0 Å². The van der Waals surface area contributed by atoms with Crippen molar-refractivity contribution in [2.75, 3.05) is 25.0 Å². The van der Waals surface area contributed by atoms with Crippen LogP contribution in [-0.2, 0) is 26.2 Å². The summed E-state index contributed by atoms with van der Waals surface area (Å²) < 4.78 is 32.8. The Morgan fingerprint density at radius 2 is 1.66 bits per heavy atom. The van der Waals surface area contributed by atoms with Crippen LogP contribution < -0.4 is 15.0 Å². The van der Waals surface area contributed by atoms with Gasteiger partial charge >= 0.3 is 0 Å². The zero-order chi connectivity index (χ0) is 25.0. The first-order valence-corrected chi connectivity index (χ1v) is 12.6. The number of benzene rings is 3. The number of carbonyl (C=O) groups is 2. The minimum Gasteiger partial charge on any atom is -0.477 e. The van der Waals surface area contributed by atoms with E-state index < -0.39 is 22.0 Å². The van der Waals surface area contributed by atoms with Crippen LogP contribution in [0.5, 0.6) is 5.75 Å². The summed E-state index contributed by atoms with van der Waals surface area (Å²) >= 11 is 0. The van der Waals surface area contributed by atoms with Crippen LogP contribution in [-0.4, -0.2) is 50.8 Å². The molecule has 4 rings (SSSR count). The minimum atomic E-state index is -3.86. The van der Waals surface area contributed by atoms with Crippen molar-refractivity contribution in [1.29, 1.82) is 0 Å². The molecule has 2 amide bonds. The summed E-state index contributed by atoms with van der Waals surface area (Å²) in [6.07, 6.45) is -0.934. The molecule has 182 valence electrons. The number of hydrogen-bond donors (Lipinski definition) is 1. The molecule has 1 heterocycles. The molecule has 1 N–H and O–H groups in total. The lowest BCUT2D eigenvalue weighted by Gasteiger charge is -2.35. The molecule has 0 bridgehead atoms. The van der Waals surface area contributed by atoms with Gasteiger partial charge in [-0.1, -0.05) is 60.2 Å². The van der Waals surface area contributed by atoms with E-state index in [2.05, 4.69) is 5.32 Å². The Bertz CT molecular complexity index is 1310. The number of nitrogens with one attached hydrogen (secondary N) is 1. The Morgan fingerprint density at radius 1 is 1.00 bits per heavy atom. The van der Waals surface area contributed by atoms with Crippen LogP contribution in [0.15, 0.2) is 83.8 Å². The van der Waals surface area contributed by atoms with Gasteiger partial charge in [-0.25, -0.2) is 8.42 Å². The van der Waals surface area contributed by atoms with Gasteiger partial charge in [-0.15, -0.1) is 0 Å². The monoisotopic (exact) mass is 493 g/mol. The van der Waals surface area contributed by atoms with Gasteiger partial charge in [-0.05, 0) is 36.8 Å². The standard InChI is InChI=1S/C26H27N3O5S/c1-19-12-14-21(15-13-19)35(32,33)28(2)18-25(30)29-17-24(34-23-11-7-6-10-22(23)29)26(31)27-16-20-8-4-3-5-9-20/h3-15,24H,16-18H2,1-2H3,(H,27,31)/t24-/m1/s1. The van der Waals surface area contributed by atoms with Crippen molar-refractivity contribution in [3.05, 3.63) is 90.0 Å². The Kier molecular flexibility index (Phi) is 7.18. The third-order valence-corrected chi connectivity index (χ3v) is 7.58. The predicted molar refractivity (Wildman–Crippen MR) is 132 cm³/mol. The summed E-state index contributed by atoms with van der Waals surface area (Å²) in [5.74, 6) is -0.433. The summed E-state index contributed by atoms with van der Waals surface area (Å²) in [5, 5.41) is 2.84. The SMILES string of the molecule is Cc1ccc(S(=O)(=O)N(C)CC(=O)N2C[C@H](C(=O)NCc3ccccc3)Oc3ccccc32)cc1. The molecule has 0 aromatic heterocycles. The molecule has 0 spiro atoms. The highest BCUT2D eigenvalue weighted by Crippen LogP contribution is 2.33. The van der Waals surface area contributed by atoms with E-state index in [0.717, 1.165) is 15.4 Å². The zero-order valence-corrected chi connectivity index (χ0v) is 20.4. The molecule has 0 fully saturated rings. The number of nitrogens with zero attached hydrogens (tertiary/aromatic N) is 2. The second-order valence-corrected chi connectivity index (χ2v) is 10.4. The molecule has 9 heteroatoms. The maximum absolute atomic E-state index is 13.3. The lowest BCUT2D eigenvalue weighted by atomic mass is 10.1. The molecule has 35 heavy (non-hydrogen) atoms. The van der Waals surface area contributed by atoms with Gasteiger partial charge in [0.1, 0.15) is 5.75 Å². The smallest absolute Gasteiger partial charge is 0.263 e. The van der Waals surface area contributed by atoms with Crippen molar-refractivity contribution in [1.82, 2.24) is 9.62 Å². The van der Waals surface area contributed by atoms with Crippen LogP contribution in [0.3, 0.4) is 0 Å². The molecule has 0 aliphatic carbocycles. The van der Waals surface area contributed by atoms with Crippen LogP contribution in [0, 0.1) is 6.92 Å². The average Bonchev–Trinajstić information content (AvgIpc) is 2.87. The highest BCUT2D eigenvalue weighted by Gasteiger charge is 2.35. The predicted octanol–water partition coefficient (Wildman–Crippen LogP) is 2.73. The number of fused-ring (bicyclic) bond motifs is 1. The molecule has 3 aromatic rings. The highest BCUT2D eigenvalue weighted by atomic mass is 32.2. The number of aryl methyl sites for hydroxylation is 1. The minimum absolute atomic E-state index is 0.0328. The van der Waals surface area contributed by atoms with Gasteiger partial charge in [0, 0.05) is 13.6 Å². The molecular formula is C26H27N3O5S. The lowest BCUT2D eigenvalue weighted by Crippen LogP contribution is -2.52. The zero-order valence-electron chi connectivity index (χ0n) is 19.5. The molecule has 0 saturated carbocycles. The first kappa shape index (κ1) is 24.4. The molecule has 0 unspecified atom stereocenters. The van der Waals surface area contributed by atoms with Gasteiger partial charge in [-0.2, -0.15) is 4.31 Å². The van der Waals surface area contributed by atoms with Gasteiger partial charge in [-0.3, -0.25) is 9.59 Å². The summed E-state index contributed by atoms with van der Waals surface area (Å²) in [5.41, 5.74) is 2.36. The highest BCUT2D eigenvalue weighted by molar-refractivity contribution is 7.89. The number of likely N-dealkylation sites (N-methyl/N-ethyl adjacent to an activating group) is 1. The number of sulfonamides is 1. The molecule has 1 aliphatic heterocycles. The van der Waals surface area contributed by atoms with Gasteiger partial charge in [0.15, 0.2) is 6.10 Å². The second kappa shape index (κ2) is 10.3. The average molecular weight is 494 g/mol. The van der Waals surface area contributed by atoms with Crippen molar-refractivity contribution >= 4 is 27.5 Å². The Labute approximate surface area is 205 Å². The van der Waals surface area contributed by atoms with Crippen LogP contribution in [0.4, 0.5) is 5.69 Å². The van der Waals surface area contributed by atoms with Crippen LogP contribution in [0.2, 0.25) is 0 Å². The Morgan fingerprint density at radius 3 is 2.37 bits per heavy atom. The largest absolute Gasteiger partial charge is 0.477 e. The Balaban J connectivity index is 1.49. The number of ether oxygens (including phenoxy) is 1. The topological polar surface area (TPSA) is 96.0 Å². The summed E-state index contributed by atoms with van der Waals surface area (Å²) in [7, 11) is -2.50. The van der Waals surface area contributed by atoms with E-state index in [0.29, 0.717) is 18.0 Å². The molecule has 1 atom stereocenters. The number of hydrogen-bond acceptors (Lipinski definition) is 5. The molecule has 3 aromatic carbocycles. The quantitative estimate of drug-likeness (QED) is 0.546. The van der Waals surface area contributed by atoms with Crippen molar-refractivity contribution in [3.63, 3.8) is 0 Å². The molecule has 0 radical (unpaired) electrons. The third kappa shape index (κ3) is 5.52. The van der Waals surface area contributed by atoms with Crippen molar-refractivity contribution in [3.8, 4) is 5.75 Å². The van der Waals surface area contributed by atoms with Gasteiger partial charge in [0.2, 0.25) is 15.9 Å². The maximum atomic E-state index is 13.3. The molecule has 8 nitrogen and oxygen atoms in total. The molecule has 1 aliphatic rings. The number of anilines is 1. The van der Waals surface area contributed by atoms with Crippen LogP contribution >= 0.6 is 0 Å². The molecule has 0 saturated heterocycles. The van der Waals surface area contributed by atoms with Gasteiger partial charge in [0.25, 0.3) is 5.91 Å². The summed E-state index contributed by atoms with van der Waals surface area (Å²) in [6.45, 7) is 1.77. The van der Waals surface area contributed by atoms with E-state index >= 15 is 0 Å². The maximum Gasteiger partial charge on any atom is 0.263 e. The third-order valence-electron chi connectivity index (χ3n) is 5.76. The normalized spacial score (nSPS) is 15.3. The van der Waals surface area contributed by atoms with E-state index in [1.165, 1.54) is 24.1 Å². The first-order chi connectivity index (χ1) is 16.8. The van der Waals surface area contributed by atoms with Gasteiger partial charge < -0.3 is 15.0 Å². The number of para-hydroxylation sites is 2. The fourth-order valence-electron chi connectivity index (χ4n) is 3.76. The number of carbonyl (C=O) groups excluding carboxylic acids is 2. The van der Waals surface area contributed by atoms with E-state index in [4.69, 9.17) is 4.74 Å². The van der Waals surface area contributed by atoms with Crippen molar-refractivity contribution in [2.24, 2.45) is 0 Å².